The van der Waals surface area contributed by atoms with Crippen molar-refractivity contribution in [2.75, 3.05) is 0 Å². The van der Waals surface area contributed by atoms with Gasteiger partial charge in [-0.3, -0.25) is 4.98 Å². The van der Waals surface area contributed by atoms with Crippen LogP contribution in [0, 0.1) is 0 Å². The van der Waals surface area contributed by atoms with Gasteiger partial charge >= 0.3 is 0 Å². The third-order valence-corrected chi connectivity index (χ3v) is 3.72. The van der Waals surface area contributed by atoms with E-state index in [1.54, 1.807) is 11.3 Å². The lowest BCUT2D eigenvalue weighted by Crippen LogP contribution is -1.72. The molecule has 0 spiro atoms. The van der Waals surface area contributed by atoms with Gasteiger partial charge in [-0.25, -0.2) is 0 Å². The first-order chi connectivity index (χ1) is 6.84. The molecular formula is C11H6BrNS. The molecule has 3 aromatic rings. The lowest BCUT2D eigenvalue weighted by Gasteiger charge is -1.90. The summed E-state index contributed by atoms with van der Waals surface area (Å²) in [6, 6.07) is 10.5. The second kappa shape index (κ2) is 3.04. The average Bonchev–Trinajstić information content (AvgIpc) is 2.54. The topological polar surface area (TPSA) is 12.9 Å². The SMILES string of the molecule is Brc1cnc2c(c1)sc1ccccc12. The molecule has 0 saturated heterocycles. The van der Waals surface area contributed by atoms with E-state index in [4.69, 9.17) is 0 Å². The molecule has 3 heteroatoms. The Morgan fingerprint density at radius 1 is 1.14 bits per heavy atom. The second-order valence-electron chi connectivity index (χ2n) is 3.10. The van der Waals surface area contributed by atoms with Crippen LogP contribution >= 0.6 is 27.3 Å². The van der Waals surface area contributed by atoms with Crippen LogP contribution in [-0.2, 0) is 0 Å². The zero-order chi connectivity index (χ0) is 9.54. The van der Waals surface area contributed by atoms with E-state index in [0.29, 0.717) is 0 Å². The van der Waals surface area contributed by atoms with Crippen molar-refractivity contribution in [3.8, 4) is 0 Å². The van der Waals surface area contributed by atoms with Crippen molar-refractivity contribution < 1.29 is 0 Å². The van der Waals surface area contributed by atoms with Gasteiger partial charge < -0.3 is 0 Å². The standard InChI is InChI=1S/C11H6BrNS/c12-7-5-10-11(13-6-7)8-3-1-2-4-9(8)14-10/h1-6H. The number of fused-ring (bicyclic) bond motifs is 3. The number of aromatic nitrogens is 1. The number of halogens is 1. The molecule has 3 rings (SSSR count). The van der Waals surface area contributed by atoms with Crippen molar-refractivity contribution in [1.82, 2.24) is 4.98 Å². The molecule has 0 bridgehead atoms. The van der Waals surface area contributed by atoms with Crippen molar-refractivity contribution >= 4 is 47.6 Å². The van der Waals surface area contributed by atoms with Crippen LogP contribution in [0.3, 0.4) is 0 Å². The second-order valence-corrected chi connectivity index (χ2v) is 5.10. The molecule has 0 N–H and O–H groups in total. The summed E-state index contributed by atoms with van der Waals surface area (Å²) in [5, 5.41) is 1.25. The zero-order valence-electron chi connectivity index (χ0n) is 7.20. The van der Waals surface area contributed by atoms with Crippen LogP contribution in [0.5, 0.6) is 0 Å². The Bertz CT molecular complexity index is 615. The lowest BCUT2D eigenvalue weighted by molar-refractivity contribution is 1.41. The minimum absolute atomic E-state index is 1.04. The van der Waals surface area contributed by atoms with Crippen molar-refractivity contribution in [2.45, 2.75) is 0 Å². The van der Waals surface area contributed by atoms with Crippen molar-refractivity contribution in [3.63, 3.8) is 0 Å². The Morgan fingerprint density at radius 3 is 2.93 bits per heavy atom. The number of benzene rings is 1. The van der Waals surface area contributed by atoms with Gasteiger partial charge in [-0.1, -0.05) is 18.2 Å². The summed E-state index contributed by atoms with van der Waals surface area (Å²) in [5.41, 5.74) is 1.11. The molecule has 0 unspecified atom stereocenters. The highest BCUT2D eigenvalue weighted by Gasteiger charge is 2.04. The summed E-state index contributed by atoms with van der Waals surface area (Å²) in [4.78, 5) is 4.43. The molecule has 1 aromatic carbocycles. The lowest BCUT2D eigenvalue weighted by atomic mass is 10.2. The highest BCUT2D eigenvalue weighted by molar-refractivity contribution is 9.10. The van der Waals surface area contributed by atoms with Gasteiger partial charge in [-0.2, -0.15) is 0 Å². The summed E-state index contributed by atoms with van der Waals surface area (Å²) < 4.78 is 3.57. The molecule has 0 aliphatic rings. The Balaban J connectivity index is 2.57. The number of nitrogens with zero attached hydrogens (tertiary/aromatic N) is 1. The van der Waals surface area contributed by atoms with E-state index >= 15 is 0 Å². The summed E-state index contributed by atoms with van der Waals surface area (Å²) in [6.45, 7) is 0. The fourth-order valence-electron chi connectivity index (χ4n) is 1.57. The third kappa shape index (κ3) is 1.16. The zero-order valence-corrected chi connectivity index (χ0v) is 9.60. The molecule has 0 aliphatic heterocycles. The average molecular weight is 264 g/mol. The fraction of sp³-hybridized carbons (Fsp3) is 0. The van der Waals surface area contributed by atoms with Gasteiger partial charge in [0, 0.05) is 20.8 Å². The first-order valence-corrected chi connectivity index (χ1v) is 5.88. The minimum atomic E-state index is 1.04. The predicted octanol–water partition coefficient (Wildman–Crippen LogP) is 4.21. The molecule has 0 atom stereocenters. The van der Waals surface area contributed by atoms with Gasteiger partial charge in [0.2, 0.25) is 0 Å². The minimum Gasteiger partial charge on any atom is -0.254 e. The van der Waals surface area contributed by atoms with Crippen molar-refractivity contribution in [1.29, 1.82) is 0 Å². The van der Waals surface area contributed by atoms with E-state index in [2.05, 4.69) is 51.2 Å². The van der Waals surface area contributed by atoms with Gasteiger partial charge in [-0.15, -0.1) is 11.3 Å². The van der Waals surface area contributed by atoms with E-state index < -0.39 is 0 Å². The monoisotopic (exact) mass is 263 g/mol. The van der Waals surface area contributed by atoms with Crippen LogP contribution in [0.25, 0.3) is 20.3 Å². The molecule has 2 aromatic heterocycles. The molecular weight excluding hydrogens is 258 g/mol. The van der Waals surface area contributed by atoms with Gasteiger partial charge in [0.25, 0.3) is 0 Å². The maximum atomic E-state index is 4.43. The van der Waals surface area contributed by atoms with Crippen LogP contribution in [0.1, 0.15) is 0 Å². The van der Waals surface area contributed by atoms with Crippen LogP contribution in [-0.4, -0.2) is 4.98 Å². The van der Waals surface area contributed by atoms with Gasteiger partial charge in [0.05, 0.1) is 10.2 Å². The molecule has 1 nitrogen and oxygen atoms in total. The van der Waals surface area contributed by atoms with Crippen molar-refractivity contribution in [3.05, 3.63) is 41.0 Å². The first kappa shape index (κ1) is 8.38. The van der Waals surface area contributed by atoms with E-state index in [9.17, 15) is 0 Å². The largest absolute Gasteiger partial charge is 0.254 e. The summed E-state index contributed by atoms with van der Waals surface area (Å²) in [6.07, 6.45) is 1.85. The third-order valence-electron chi connectivity index (χ3n) is 2.18. The number of rotatable bonds is 0. The molecule has 14 heavy (non-hydrogen) atoms. The molecule has 68 valence electrons. The molecule has 0 fully saturated rings. The van der Waals surface area contributed by atoms with Crippen molar-refractivity contribution in [2.24, 2.45) is 0 Å². The smallest absolute Gasteiger partial charge is 0.0889 e. The molecule has 2 heterocycles. The van der Waals surface area contributed by atoms with Crippen LogP contribution < -0.4 is 0 Å². The molecule has 0 amide bonds. The number of thiophene rings is 1. The maximum Gasteiger partial charge on any atom is 0.0889 e. The Morgan fingerprint density at radius 2 is 2.00 bits per heavy atom. The summed E-state index contributed by atoms with van der Waals surface area (Å²) >= 11 is 5.22. The number of hydrogen-bond acceptors (Lipinski definition) is 2. The normalized spacial score (nSPS) is 11.2. The van der Waals surface area contributed by atoms with E-state index in [1.165, 1.54) is 14.8 Å². The van der Waals surface area contributed by atoms with Crippen LogP contribution in [0.2, 0.25) is 0 Å². The number of pyridine rings is 1. The predicted molar refractivity (Wildman–Crippen MR) is 64.8 cm³/mol. The van der Waals surface area contributed by atoms with E-state index in [0.717, 1.165) is 9.99 Å². The molecule has 0 radical (unpaired) electrons. The number of hydrogen-bond donors (Lipinski definition) is 0. The Kier molecular flexibility index (Phi) is 1.82. The van der Waals surface area contributed by atoms with Crippen LogP contribution in [0.15, 0.2) is 41.0 Å². The molecule has 0 saturated carbocycles. The molecule has 0 aliphatic carbocycles. The summed E-state index contributed by atoms with van der Waals surface area (Å²) in [7, 11) is 0. The van der Waals surface area contributed by atoms with Gasteiger partial charge in [-0.05, 0) is 28.1 Å². The maximum absolute atomic E-state index is 4.43. The van der Waals surface area contributed by atoms with E-state index in [1.807, 2.05) is 6.20 Å². The van der Waals surface area contributed by atoms with E-state index in [-0.39, 0.29) is 0 Å². The first-order valence-electron chi connectivity index (χ1n) is 4.27. The summed E-state index contributed by atoms with van der Waals surface area (Å²) in [5.74, 6) is 0. The fourth-order valence-corrected chi connectivity index (χ4v) is 3.16. The Labute approximate surface area is 93.5 Å². The highest BCUT2D eigenvalue weighted by Crippen LogP contribution is 2.33. The quantitative estimate of drug-likeness (QED) is 0.592. The Hall–Kier alpha value is -0.930. The van der Waals surface area contributed by atoms with Gasteiger partial charge in [0.1, 0.15) is 0 Å². The van der Waals surface area contributed by atoms with Crippen LogP contribution in [0.4, 0.5) is 0 Å². The highest BCUT2D eigenvalue weighted by atomic mass is 79.9. The van der Waals surface area contributed by atoms with Gasteiger partial charge in [0.15, 0.2) is 0 Å².